The van der Waals surface area contributed by atoms with Crippen LogP contribution in [0.25, 0.3) is 0 Å². The van der Waals surface area contributed by atoms with Crippen LogP contribution in [0.15, 0.2) is 30.0 Å². The van der Waals surface area contributed by atoms with E-state index in [1.54, 1.807) is 0 Å². The molecule has 2 aliphatic rings. The zero-order valence-electron chi connectivity index (χ0n) is 13.5. The summed E-state index contributed by atoms with van der Waals surface area (Å²) in [6.45, 7) is 4.06. The number of hydrogen-bond acceptors (Lipinski definition) is 6. The summed E-state index contributed by atoms with van der Waals surface area (Å²) in [5.74, 6) is -2.59. The van der Waals surface area contributed by atoms with Crippen molar-refractivity contribution in [1.29, 1.82) is 0 Å². The first-order valence-electron chi connectivity index (χ1n) is 7.63. The van der Waals surface area contributed by atoms with Gasteiger partial charge in [-0.3, -0.25) is 0 Å². The number of esters is 2. The fourth-order valence-electron chi connectivity index (χ4n) is 2.78. The van der Waals surface area contributed by atoms with E-state index in [1.807, 2.05) is 12.1 Å². The number of aryl methyl sites for hydroxylation is 1. The molecule has 1 N–H and O–H groups in total. The molecule has 0 radical (unpaired) electrons. The molecular weight excluding hydrogens is 296 g/mol. The highest BCUT2D eigenvalue weighted by atomic mass is 16.7. The summed E-state index contributed by atoms with van der Waals surface area (Å²) in [7, 11) is 2.05. The van der Waals surface area contributed by atoms with Gasteiger partial charge in [-0.25, -0.2) is 9.59 Å². The van der Waals surface area contributed by atoms with Gasteiger partial charge in [0.2, 0.25) is 0 Å². The number of cyclic esters (lactones) is 2. The van der Waals surface area contributed by atoms with Crippen molar-refractivity contribution in [2.75, 3.05) is 23.8 Å². The number of carbonyl (C=O) groups is 2. The van der Waals surface area contributed by atoms with E-state index in [9.17, 15) is 9.59 Å². The van der Waals surface area contributed by atoms with Gasteiger partial charge in [0.15, 0.2) is 5.57 Å². The Hall–Kier alpha value is -2.50. The van der Waals surface area contributed by atoms with Crippen molar-refractivity contribution in [3.63, 3.8) is 0 Å². The summed E-state index contributed by atoms with van der Waals surface area (Å²) < 4.78 is 10.1. The lowest BCUT2D eigenvalue weighted by Gasteiger charge is -2.30. The molecule has 6 heteroatoms. The SMILES string of the molecule is CN1CCCc2ccc(NC=C3C(=O)OC(C)(C)OC3=O)cc21. The van der Waals surface area contributed by atoms with E-state index < -0.39 is 17.7 Å². The largest absolute Gasteiger partial charge is 0.419 e. The van der Waals surface area contributed by atoms with Crippen LogP contribution in [0.2, 0.25) is 0 Å². The Bertz CT molecular complexity index is 672. The van der Waals surface area contributed by atoms with Gasteiger partial charge in [-0.2, -0.15) is 0 Å². The Labute approximate surface area is 135 Å². The lowest BCUT2D eigenvalue weighted by molar-refractivity contribution is -0.222. The molecule has 3 rings (SSSR count). The predicted molar refractivity (Wildman–Crippen MR) is 86.0 cm³/mol. The predicted octanol–water partition coefficient (Wildman–Crippen LogP) is 2.20. The number of hydrogen-bond donors (Lipinski definition) is 1. The summed E-state index contributed by atoms with van der Waals surface area (Å²) in [4.78, 5) is 26.0. The molecule has 1 aromatic carbocycles. The molecular formula is C17H20N2O4. The second-order valence-corrected chi connectivity index (χ2v) is 6.25. The summed E-state index contributed by atoms with van der Waals surface area (Å²) in [5, 5.41) is 2.98. The van der Waals surface area contributed by atoms with Crippen molar-refractivity contribution in [2.24, 2.45) is 0 Å². The van der Waals surface area contributed by atoms with Crippen LogP contribution in [-0.2, 0) is 25.5 Å². The monoisotopic (exact) mass is 316 g/mol. The highest BCUT2D eigenvalue weighted by molar-refractivity contribution is 6.15. The Morgan fingerprint density at radius 1 is 1.22 bits per heavy atom. The van der Waals surface area contributed by atoms with Crippen LogP contribution >= 0.6 is 0 Å². The fourth-order valence-corrected chi connectivity index (χ4v) is 2.78. The molecule has 2 heterocycles. The van der Waals surface area contributed by atoms with Crippen LogP contribution in [0.4, 0.5) is 11.4 Å². The van der Waals surface area contributed by atoms with E-state index in [0.29, 0.717) is 0 Å². The van der Waals surface area contributed by atoms with Crippen molar-refractivity contribution >= 4 is 23.3 Å². The van der Waals surface area contributed by atoms with Gasteiger partial charge in [0.05, 0.1) is 0 Å². The summed E-state index contributed by atoms with van der Waals surface area (Å²) in [6, 6.07) is 6.00. The molecule has 0 unspecified atom stereocenters. The average molecular weight is 316 g/mol. The summed E-state index contributed by atoms with van der Waals surface area (Å²) in [6.07, 6.45) is 3.55. The van der Waals surface area contributed by atoms with Crippen LogP contribution in [0.1, 0.15) is 25.8 Å². The van der Waals surface area contributed by atoms with Gasteiger partial charge in [0.25, 0.3) is 5.79 Å². The van der Waals surface area contributed by atoms with Crippen LogP contribution in [0, 0.1) is 0 Å². The Morgan fingerprint density at radius 3 is 2.61 bits per heavy atom. The fraction of sp³-hybridized carbons (Fsp3) is 0.412. The average Bonchev–Trinajstić information content (AvgIpc) is 2.46. The van der Waals surface area contributed by atoms with Crippen molar-refractivity contribution in [1.82, 2.24) is 0 Å². The second kappa shape index (κ2) is 5.61. The number of benzene rings is 1. The Balaban J connectivity index is 1.79. The minimum Gasteiger partial charge on any atom is -0.419 e. The zero-order valence-corrected chi connectivity index (χ0v) is 13.5. The molecule has 2 aliphatic heterocycles. The van der Waals surface area contributed by atoms with Crippen LogP contribution in [0.5, 0.6) is 0 Å². The quantitative estimate of drug-likeness (QED) is 0.512. The van der Waals surface area contributed by atoms with Gasteiger partial charge in [-0.05, 0) is 30.5 Å². The van der Waals surface area contributed by atoms with Gasteiger partial charge < -0.3 is 19.7 Å². The first kappa shape index (κ1) is 15.4. The number of nitrogens with zero attached hydrogens (tertiary/aromatic N) is 1. The maximum atomic E-state index is 11.9. The number of anilines is 2. The van der Waals surface area contributed by atoms with E-state index in [0.717, 1.165) is 30.8 Å². The molecule has 0 spiro atoms. The Morgan fingerprint density at radius 2 is 1.91 bits per heavy atom. The molecule has 0 amide bonds. The molecule has 0 aromatic heterocycles. The van der Waals surface area contributed by atoms with Gasteiger partial charge in [-0.15, -0.1) is 0 Å². The maximum Gasteiger partial charge on any atom is 0.350 e. The summed E-state index contributed by atoms with van der Waals surface area (Å²) in [5.41, 5.74) is 3.12. The first-order chi connectivity index (χ1) is 10.9. The number of ether oxygens (including phenoxy) is 2. The zero-order chi connectivity index (χ0) is 16.6. The molecule has 0 atom stereocenters. The first-order valence-corrected chi connectivity index (χ1v) is 7.63. The highest BCUT2D eigenvalue weighted by Crippen LogP contribution is 2.29. The third-order valence-electron chi connectivity index (χ3n) is 3.94. The molecule has 1 saturated heterocycles. The lowest BCUT2D eigenvalue weighted by atomic mass is 10.0. The van der Waals surface area contributed by atoms with Gasteiger partial charge in [0, 0.05) is 45.0 Å². The standard InChI is InChI=1S/C17H20N2O4/c1-17(2)22-15(20)13(16(21)23-17)10-18-12-7-6-11-5-4-8-19(3)14(11)9-12/h6-7,9-10,18H,4-5,8H2,1-3H3. The number of rotatable bonds is 2. The van der Waals surface area contributed by atoms with Gasteiger partial charge >= 0.3 is 11.9 Å². The van der Waals surface area contributed by atoms with E-state index in [2.05, 4.69) is 23.3 Å². The van der Waals surface area contributed by atoms with Gasteiger partial charge in [0.1, 0.15) is 0 Å². The van der Waals surface area contributed by atoms with Crippen LogP contribution < -0.4 is 10.2 Å². The van der Waals surface area contributed by atoms with Crippen molar-refractivity contribution < 1.29 is 19.1 Å². The second-order valence-electron chi connectivity index (χ2n) is 6.25. The van der Waals surface area contributed by atoms with Crippen molar-refractivity contribution in [3.8, 4) is 0 Å². The smallest absolute Gasteiger partial charge is 0.350 e. The van der Waals surface area contributed by atoms with Crippen molar-refractivity contribution in [2.45, 2.75) is 32.5 Å². The minimum absolute atomic E-state index is 0.143. The number of fused-ring (bicyclic) bond motifs is 1. The van der Waals surface area contributed by atoms with E-state index >= 15 is 0 Å². The van der Waals surface area contributed by atoms with Gasteiger partial charge in [-0.1, -0.05) is 6.07 Å². The molecule has 0 saturated carbocycles. The molecule has 23 heavy (non-hydrogen) atoms. The highest BCUT2D eigenvalue weighted by Gasteiger charge is 2.38. The maximum absolute atomic E-state index is 11.9. The third-order valence-corrected chi connectivity index (χ3v) is 3.94. The lowest BCUT2D eigenvalue weighted by Crippen LogP contribution is -2.42. The van der Waals surface area contributed by atoms with E-state index in [4.69, 9.17) is 9.47 Å². The van der Waals surface area contributed by atoms with E-state index in [-0.39, 0.29) is 5.57 Å². The normalized spacial score (nSPS) is 19.6. The molecule has 1 aromatic rings. The van der Waals surface area contributed by atoms with Crippen molar-refractivity contribution in [3.05, 3.63) is 35.5 Å². The molecule has 0 aliphatic carbocycles. The molecule has 122 valence electrons. The third kappa shape index (κ3) is 3.16. The number of nitrogens with one attached hydrogen (secondary N) is 1. The van der Waals surface area contributed by atoms with Crippen LogP contribution in [0.3, 0.4) is 0 Å². The number of carbonyl (C=O) groups excluding carboxylic acids is 2. The minimum atomic E-state index is -1.22. The molecule has 1 fully saturated rings. The van der Waals surface area contributed by atoms with Crippen LogP contribution in [-0.4, -0.2) is 31.3 Å². The van der Waals surface area contributed by atoms with E-state index in [1.165, 1.54) is 25.6 Å². The molecule has 0 bridgehead atoms. The topological polar surface area (TPSA) is 67.9 Å². The summed E-state index contributed by atoms with van der Waals surface area (Å²) >= 11 is 0. The molecule has 6 nitrogen and oxygen atoms in total. The Kier molecular flexibility index (Phi) is 3.75.